The molecule has 1 aliphatic heterocycles. The molecule has 7 heteroatoms. The normalized spacial score (nSPS) is 14.2. The highest BCUT2D eigenvalue weighted by Crippen LogP contribution is 2.38. The number of piperazine rings is 1. The lowest BCUT2D eigenvalue weighted by Gasteiger charge is -2.35. The van der Waals surface area contributed by atoms with E-state index >= 15 is 0 Å². The number of phenolic OH excluding ortho intramolecular Hbond substituents is 1. The molecule has 7 nitrogen and oxygen atoms in total. The van der Waals surface area contributed by atoms with Crippen molar-refractivity contribution in [2.24, 2.45) is 0 Å². The van der Waals surface area contributed by atoms with E-state index < -0.39 is 6.10 Å². The van der Waals surface area contributed by atoms with Crippen LogP contribution in [0.3, 0.4) is 0 Å². The van der Waals surface area contributed by atoms with Crippen molar-refractivity contribution in [2.45, 2.75) is 110 Å². The molecule has 0 saturated carbocycles. The minimum Gasteiger partial charge on any atom is -0.502 e. The average Bonchev–Trinajstić information content (AvgIpc) is 3.18. The van der Waals surface area contributed by atoms with Gasteiger partial charge in [0.1, 0.15) is 0 Å². The number of amides is 1. The number of aliphatic hydroxyl groups excluding tert-OH is 1. The Morgan fingerprint density at radius 1 is 0.692 bits per heavy atom. The molecule has 3 aromatic rings. The Labute approximate surface area is 313 Å². The maximum Gasteiger partial charge on any atom is 0.246 e. The second-order valence-corrected chi connectivity index (χ2v) is 14.3. The van der Waals surface area contributed by atoms with Gasteiger partial charge in [0, 0.05) is 38.8 Å². The van der Waals surface area contributed by atoms with Crippen LogP contribution in [0.5, 0.6) is 17.2 Å². The maximum atomic E-state index is 13.2. The molecule has 1 heterocycles. The third kappa shape index (κ3) is 14.3. The second kappa shape index (κ2) is 23.7. The number of nitrogens with zero attached hydrogens (tertiary/aromatic N) is 2. The minimum absolute atomic E-state index is 0.0276. The Bertz CT molecular complexity index is 1410. The molecule has 1 aliphatic rings. The summed E-state index contributed by atoms with van der Waals surface area (Å²) in [6.45, 7) is 8.64. The molecule has 1 saturated heterocycles. The van der Waals surface area contributed by atoms with Crippen molar-refractivity contribution in [1.82, 2.24) is 9.80 Å². The molecule has 52 heavy (non-hydrogen) atoms. The van der Waals surface area contributed by atoms with Gasteiger partial charge in [-0.05, 0) is 53.3 Å². The number of ether oxygens (including phenoxy) is 2. The number of unbranched alkanes of at least 4 members (excludes halogenated alkanes) is 12. The van der Waals surface area contributed by atoms with Gasteiger partial charge >= 0.3 is 0 Å². The number of aliphatic hydroxyl groups is 1. The molecule has 284 valence electrons. The van der Waals surface area contributed by atoms with Gasteiger partial charge < -0.3 is 24.6 Å². The third-order valence-corrected chi connectivity index (χ3v) is 10.0. The van der Waals surface area contributed by atoms with Gasteiger partial charge in [-0.25, -0.2) is 0 Å². The van der Waals surface area contributed by atoms with E-state index in [1.165, 1.54) is 64.2 Å². The Balaban J connectivity index is 1.27. The molecule has 1 amide bonds. The molecule has 1 fully saturated rings. The van der Waals surface area contributed by atoms with E-state index in [1.54, 1.807) is 24.3 Å². The van der Waals surface area contributed by atoms with Crippen LogP contribution in [0.15, 0.2) is 72.8 Å². The van der Waals surface area contributed by atoms with E-state index in [1.807, 2.05) is 35.2 Å². The lowest BCUT2D eigenvalue weighted by molar-refractivity contribution is -0.127. The van der Waals surface area contributed by atoms with Gasteiger partial charge in [-0.1, -0.05) is 145 Å². The first kappa shape index (κ1) is 41.0. The fourth-order valence-electron chi connectivity index (χ4n) is 6.70. The topological polar surface area (TPSA) is 82.5 Å². The van der Waals surface area contributed by atoms with E-state index in [0.29, 0.717) is 57.4 Å². The van der Waals surface area contributed by atoms with Crippen LogP contribution < -0.4 is 9.47 Å². The van der Waals surface area contributed by atoms with E-state index in [0.717, 1.165) is 47.9 Å². The van der Waals surface area contributed by atoms with Crippen molar-refractivity contribution in [3.63, 3.8) is 0 Å². The predicted molar refractivity (Wildman–Crippen MR) is 214 cm³/mol. The Morgan fingerprint density at radius 2 is 1.19 bits per heavy atom. The standard InChI is InChI=1S/C45H64N2O5/c1-3-5-7-9-11-13-18-32-51-42-34-37(35-43(45(42)50)52-33-19-14-12-10-8-6-4-2)22-27-44(49)47-30-28-46(29-31-47)36-41(48)40-25-23-39(24-26-40)38-20-16-15-17-21-38/h15-17,20-27,34-35,41,48,50H,3-14,18-19,28-33,36H2,1-2H3. The Kier molecular flexibility index (Phi) is 18.7. The number of hydrogen-bond donors (Lipinski definition) is 2. The number of hydrogen-bond acceptors (Lipinski definition) is 6. The molecule has 0 spiro atoms. The Hall–Kier alpha value is -3.81. The van der Waals surface area contributed by atoms with Crippen LogP contribution in [0.2, 0.25) is 0 Å². The second-order valence-electron chi connectivity index (χ2n) is 14.3. The Morgan fingerprint density at radius 3 is 1.73 bits per heavy atom. The van der Waals surface area contributed by atoms with Crippen LogP contribution in [-0.2, 0) is 4.79 Å². The van der Waals surface area contributed by atoms with Crippen LogP contribution >= 0.6 is 0 Å². The number of β-amino-alcohol motifs (C(OH)–C–C–N with tert-alkyl or cyclic N) is 1. The largest absolute Gasteiger partial charge is 0.502 e. The first-order chi connectivity index (χ1) is 25.5. The molecule has 0 aliphatic carbocycles. The average molecular weight is 713 g/mol. The molecule has 2 N–H and O–H groups in total. The maximum absolute atomic E-state index is 13.2. The van der Waals surface area contributed by atoms with Crippen LogP contribution in [0.4, 0.5) is 0 Å². The number of benzene rings is 3. The molecule has 0 bridgehead atoms. The summed E-state index contributed by atoms with van der Waals surface area (Å²) >= 11 is 0. The summed E-state index contributed by atoms with van der Waals surface area (Å²) in [5.41, 5.74) is 3.94. The minimum atomic E-state index is -0.592. The zero-order valence-corrected chi connectivity index (χ0v) is 31.9. The van der Waals surface area contributed by atoms with Crippen molar-refractivity contribution >= 4 is 12.0 Å². The lowest BCUT2D eigenvalue weighted by atomic mass is 10.0. The highest BCUT2D eigenvalue weighted by atomic mass is 16.5. The van der Waals surface area contributed by atoms with Crippen molar-refractivity contribution in [3.05, 3.63) is 83.9 Å². The van der Waals surface area contributed by atoms with Gasteiger partial charge in [0.25, 0.3) is 0 Å². The van der Waals surface area contributed by atoms with E-state index in [-0.39, 0.29) is 11.7 Å². The highest BCUT2D eigenvalue weighted by molar-refractivity contribution is 5.92. The number of aromatic hydroxyl groups is 1. The smallest absolute Gasteiger partial charge is 0.246 e. The van der Waals surface area contributed by atoms with Crippen molar-refractivity contribution in [1.29, 1.82) is 0 Å². The lowest BCUT2D eigenvalue weighted by Crippen LogP contribution is -2.49. The molecule has 1 unspecified atom stereocenters. The molecular formula is C45H64N2O5. The van der Waals surface area contributed by atoms with Gasteiger partial charge in [0.2, 0.25) is 11.7 Å². The van der Waals surface area contributed by atoms with Gasteiger partial charge in [0.15, 0.2) is 11.5 Å². The summed E-state index contributed by atoms with van der Waals surface area (Å²) in [6.07, 6.45) is 19.4. The zero-order valence-electron chi connectivity index (χ0n) is 31.9. The van der Waals surface area contributed by atoms with E-state index in [9.17, 15) is 15.0 Å². The molecule has 1 atom stereocenters. The first-order valence-corrected chi connectivity index (χ1v) is 20.1. The van der Waals surface area contributed by atoms with E-state index in [4.69, 9.17) is 9.47 Å². The monoisotopic (exact) mass is 712 g/mol. The van der Waals surface area contributed by atoms with Gasteiger partial charge in [-0.2, -0.15) is 0 Å². The molecule has 0 aromatic heterocycles. The van der Waals surface area contributed by atoms with Crippen molar-refractivity contribution in [2.75, 3.05) is 45.9 Å². The summed E-state index contributed by atoms with van der Waals surface area (Å²) in [4.78, 5) is 17.3. The molecule has 0 radical (unpaired) electrons. The zero-order chi connectivity index (χ0) is 36.8. The summed E-state index contributed by atoms with van der Waals surface area (Å²) in [5, 5.41) is 22.0. The number of carbonyl (C=O) groups is 1. The fourth-order valence-corrected chi connectivity index (χ4v) is 6.70. The van der Waals surface area contributed by atoms with Crippen molar-refractivity contribution in [3.8, 4) is 28.4 Å². The summed E-state index contributed by atoms with van der Waals surface area (Å²) in [7, 11) is 0. The van der Waals surface area contributed by atoms with Crippen LogP contribution in [0.1, 0.15) is 121 Å². The van der Waals surface area contributed by atoms with Crippen molar-refractivity contribution < 1.29 is 24.5 Å². The summed E-state index contributed by atoms with van der Waals surface area (Å²) < 4.78 is 12.1. The molecule has 3 aromatic carbocycles. The predicted octanol–water partition coefficient (Wildman–Crippen LogP) is 10.2. The number of rotatable bonds is 24. The quantitative estimate of drug-likeness (QED) is 0.0711. The molecule has 4 rings (SSSR count). The number of phenols is 1. The first-order valence-electron chi connectivity index (χ1n) is 20.1. The number of carbonyl (C=O) groups excluding carboxylic acids is 1. The fraction of sp³-hybridized carbons (Fsp3) is 0.533. The SMILES string of the molecule is CCCCCCCCCOc1cc(C=CC(=O)N2CCN(CC(O)c3ccc(-c4ccccc4)cc3)CC2)cc(OCCCCCCCCC)c1O. The van der Waals surface area contributed by atoms with E-state index in [2.05, 4.69) is 43.0 Å². The van der Waals surface area contributed by atoms with Crippen LogP contribution in [0.25, 0.3) is 17.2 Å². The summed E-state index contributed by atoms with van der Waals surface area (Å²) in [5.74, 6) is 0.773. The summed E-state index contributed by atoms with van der Waals surface area (Å²) in [6, 6.07) is 21.9. The van der Waals surface area contributed by atoms with Crippen LogP contribution in [-0.4, -0.2) is 71.9 Å². The van der Waals surface area contributed by atoms with Gasteiger partial charge in [-0.3, -0.25) is 9.69 Å². The third-order valence-electron chi connectivity index (χ3n) is 10.0. The van der Waals surface area contributed by atoms with Gasteiger partial charge in [0.05, 0.1) is 19.3 Å². The highest BCUT2D eigenvalue weighted by Gasteiger charge is 2.22. The van der Waals surface area contributed by atoms with Gasteiger partial charge in [-0.15, -0.1) is 0 Å². The molecular weight excluding hydrogens is 649 g/mol. The van der Waals surface area contributed by atoms with Crippen LogP contribution in [0, 0.1) is 0 Å².